The first-order valence-electron chi connectivity index (χ1n) is 11.1. The normalized spacial score (nSPS) is 10.8. The summed E-state index contributed by atoms with van der Waals surface area (Å²) >= 11 is 9.90. The van der Waals surface area contributed by atoms with E-state index in [2.05, 4.69) is 45.6 Å². The standard InChI is InChI=1S/C28H25BrClNO3/c1-3-33-28(32)20-8-6-9-24(16-20)31-19(2)11-13-25(31)17-22-15-23(29)12-14-27(22)34-18-21-7-4-5-10-26(21)30/h4-16H,3,17-18H2,1-2H3. The molecule has 4 rings (SSSR count). The van der Waals surface area contributed by atoms with E-state index in [4.69, 9.17) is 21.1 Å². The number of benzene rings is 3. The Bertz CT molecular complexity index is 1310. The number of carbonyl (C=O) groups is 1. The minimum absolute atomic E-state index is 0.321. The van der Waals surface area contributed by atoms with E-state index in [0.29, 0.717) is 30.2 Å². The third-order valence-electron chi connectivity index (χ3n) is 5.51. The van der Waals surface area contributed by atoms with Crippen LogP contribution in [0.25, 0.3) is 5.69 Å². The van der Waals surface area contributed by atoms with Crippen LogP contribution in [0.4, 0.5) is 0 Å². The zero-order valence-electron chi connectivity index (χ0n) is 19.1. The van der Waals surface area contributed by atoms with Crippen molar-refractivity contribution in [3.05, 3.63) is 116 Å². The molecule has 0 aliphatic rings. The van der Waals surface area contributed by atoms with E-state index >= 15 is 0 Å². The Labute approximate surface area is 213 Å². The van der Waals surface area contributed by atoms with Gasteiger partial charge in [-0.1, -0.05) is 51.8 Å². The van der Waals surface area contributed by atoms with E-state index in [9.17, 15) is 4.79 Å². The van der Waals surface area contributed by atoms with Crippen LogP contribution in [0.5, 0.6) is 5.75 Å². The second-order valence-electron chi connectivity index (χ2n) is 7.88. The summed E-state index contributed by atoms with van der Waals surface area (Å²) in [6, 6.07) is 25.4. The molecular formula is C28H25BrClNO3. The molecule has 174 valence electrons. The molecule has 4 nitrogen and oxygen atoms in total. The molecule has 0 bridgehead atoms. The number of esters is 1. The van der Waals surface area contributed by atoms with Crippen LogP contribution in [0.15, 0.2) is 83.3 Å². The van der Waals surface area contributed by atoms with E-state index in [1.165, 1.54) is 0 Å². The Balaban J connectivity index is 1.64. The SMILES string of the molecule is CCOC(=O)c1cccc(-n2c(C)ccc2Cc2cc(Br)ccc2OCc2ccccc2Cl)c1. The third-order valence-corrected chi connectivity index (χ3v) is 6.37. The molecule has 0 saturated heterocycles. The lowest BCUT2D eigenvalue weighted by Crippen LogP contribution is -2.08. The Morgan fingerprint density at radius 1 is 0.971 bits per heavy atom. The highest BCUT2D eigenvalue weighted by Gasteiger charge is 2.14. The van der Waals surface area contributed by atoms with Gasteiger partial charge >= 0.3 is 5.97 Å². The van der Waals surface area contributed by atoms with Crippen molar-refractivity contribution in [1.82, 2.24) is 4.57 Å². The summed E-state index contributed by atoms with van der Waals surface area (Å²) in [5.74, 6) is 0.478. The highest BCUT2D eigenvalue weighted by Crippen LogP contribution is 2.29. The van der Waals surface area contributed by atoms with Crippen LogP contribution < -0.4 is 4.74 Å². The average Bonchev–Trinajstić information content (AvgIpc) is 3.19. The molecule has 1 heterocycles. The zero-order chi connectivity index (χ0) is 24.1. The lowest BCUT2D eigenvalue weighted by molar-refractivity contribution is 0.0526. The molecule has 6 heteroatoms. The van der Waals surface area contributed by atoms with Gasteiger partial charge in [0, 0.05) is 44.1 Å². The van der Waals surface area contributed by atoms with Crippen molar-refractivity contribution >= 4 is 33.5 Å². The van der Waals surface area contributed by atoms with Crippen molar-refractivity contribution < 1.29 is 14.3 Å². The number of nitrogens with zero attached hydrogens (tertiary/aromatic N) is 1. The number of rotatable bonds is 8. The number of carbonyl (C=O) groups excluding carboxylic acids is 1. The maximum Gasteiger partial charge on any atom is 0.338 e. The topological polar surface area (TPSA) is 40.5 Å². The van der Waals surface area contributed by atoms with E-state index < -0.39 is 0 Å². The van der Waals surface area contributed by atoms with Gasteiger partial charge < -0.3 is 14.0 Å². The number of aromatic nitrogens is 1. The molecule has 4 aromatic rings. The Morgan fingerprint density at radius 2 is 1.79 bits per heavy atom. The number of ether oxygens (including phenoxy) is 2. The summed E-state index contributed by atoms with van der Waals surface area (Å²) in [6.45, 7) is 4.59. The third kappa shape index (κ3) is 5.54. The van der Waals surface area contributed by atoms with Gasteiger partial charge in [-0.25, -0.2) is 4.79 Å². The van der Waals surface area contributed by atoms with Crippen LogP contribution in [0, 0.1) is 6.92 Å². The van der Waals surface area contributed by atoms with E-state index in [1.807, 2.05) is 54.6 Å². The molecule has 0 saturated carbocycles. The quantitative estimate of drug-likeness (QED) is 0.218. The summed E-state index contributed by atoms with van der Waals surface area (Å²) in [6.07, 6.45) is 0.648. The van der Waals surface area contributed by atoms with E-state index in [-0.39, 0.29) is 5.97 Å². The lowest BCUT2D eigenvalue weighted by Gasteiger charge is -2.16. The fraction of sp³-hybridized carbons (Fsp3) is 0.179. The van der Waals surface area contributed by atoms with Crippen molar-refractivity contribution in [1.29, 1.82) is 0 Å². The summed E-state index contributed by atoms with van der Waals surface area (Å²) in [4.78, 5) is 12.3. The molecule has 1 aromatic heterocycles. The number of hydrogen-bond acceptors (Lipinski definition) is 3. The second kappa shape index (κ2) is 10.9. The van der Waals surface area contributed by atoms with Crippen molar-refractivity contribution in [2.45, 2.75) is 26.9 Å². The second-order valence-corrected chi connectivity index (χ2v) is 9.20. The first kappa shape index (κ1) is 24.1. The van der Waals surface area contributed by atoms with Crippen molar-refractivity contribution in [2.24, 2.45) is 0 Å². The Hall–Kier alpha value is -3.02. The van der Waals surface area contributed by atoms with Crippen LogP contribution >= 0.6 is 27.5 Å². The van der Waals surface area contributed by atoms with Gasteiger partial charge in [-0.2, -0.15) is 0 Å². The van der Waals surface area contributed by atoms with Gasteiger partial charge in [-0.3, -0.25) is 0 Å². The van der Waals surface area contributed by atoms with Crippen molar-refractivity contribution in [3.63, 3.8) is 0 Å². The van der Waals surface area contributed by atoms with Gasteiger partial charge in [0.2, 0.25) is 0 Å². The highest BCUT2D eigenvalue weighted by molar-refractivity contribution is 9.10. The predicted octanol–water partition coefficient (Wildman–Crippen LogP) is 7.55. The minimum Gasteiger partial charge on any atom is -0.489 e. The van der Waals surface area contributed by atoms with Gasteiger partial charge in [-0.05, 0) is 68.4 Å². The first-order chi connectivity index (χ1) is 16.5. The number of aryl methyl sites for hydroxylation is 1. The fourth-order valence-electron chi connectivity index (χ4n) is 3.88. The van der Waals surface area contributed by atoms with Crippen molar-refractivity contribution in [3.8, 4) is 11.4 Å². The van der Waals surface area contributed by atoms with Crippen LogP contribution in [0.1, 0.15) is 39.8 Å². The lowest BCUT2D eigenvalue weighted by atomic mass is 10.1. The van der Waals surface area contributed by atoms with Crippen LogP contribution in [-0.4, -0.2) is 17.1 Å². The molecular weight excluding hydrogens is 514 g/mol. The molecule has 0 fully saturated rings. The molecule has 0 radical (unpaired) electrons. The molecule has 0 aliphatic carbocycles. The summed E-state index contributed by atoms with van der Waals surface area (Å²) in [5.41, 5.74) is 5.58. The smallest absolute Gasteiger partial charge is 0.338 e. The molecule has 3 aromatic carbocycles. The first-order valence-corrected chi connectivity index (χ1v) is 12.2. The molecule has 0 aliphatic heterocycles. The maximum absolute atomic E-state index is 12.3. The van der Waals surface area contributed by atoms with Gasteiger partial charge in [0.1, 0.15) is 12.4 Å². The number of hydrogen-bond donors (Lipinski definition) is 0. The van der Waals surface area contributed by atoms with Crippen LogP contribution in [0.3, 0.4) is 0 Å². The maximum atomic E-state index is 12.3. The molecule has 0 unspecified atom stereocenters. The van der Waals surface area contributed by atoms with Gasteiger partial charge in [-0.15, -0.1) is 0 Å². The molecule has 34 heavy (non-hydrogen) atoms. The number of halogens is 2. The monoisotopic (exact) mass is 537 g/mol. The molecule has 0 N–H and O–H groups in total. The van der Waals surface area contributed by atoms with Crippen molar-refractivity contribution in [2.75, 3.05) is 6.61 Å². The summed E-state index contributed by atoms with van der Waals surface area (Å²) < 4.78 is 14.5. The summed E-state index contributed by atoms with van der Waals surface area (Å²) in [5, 5.41) is 0.687. The molecule has 0 atom stereocenters. The predicted molar refractivity (Wildman–Crippen MR) is 139 cm³/mol. The van der Waals surface area contributed by atoms with E-state index in [1.54, 1.807) is 13.0 Å². The van der Waals surface area contributed by atoms with Gasteiger partial charge in [0.15, 0.2) is 0 Å². The van der Waals surface area contributed by atoms with Gasteiger partial charge in [0.25, 0.3) is 0 Å². The van der Waals surface area contributed by atoms with Crippen LogP contribution in [-0.2, 0) is 17.8 Å². The average molecular weight is 539 g/mol. The highest BCUT2D eigenvalue weighted by atomic mass is 79.9. The summed E-state index contributed by atoms with van der Waals surface area (Å²) in [7, 11) is 0. The van der Waals surface area contributed by atoms with Gasteiger partial charge in [0.05, 0.1) is 12.2 Å². The largest absolute Gasteiger partial charge is 0.489 e. The van der Waals surface area contributed by atoms with E-state index in [0.717, 1.165) is 38.4 Å². The molecule has 0 spiro atoms. The fourth-order valence-corrected chi connectivity index (χ4v) is 4.48. The Kier molecular flexibility index (Phi) is 7.76. The van der Waals surface area contributed by atoms with Crippen LogP contribution in [0.2, 0.25) is 5.02 Å². The Morgan fingerprint density at radius 3 is 2.59 bits per heavy atom. The molecule has 0 amide bonds. The zero-order valence-corrected chi connectivity index (χ0v) is 21.4. The minimum atomic E-state index is -0.321.